The summed E-state index contributed by atoms with van der Waals surface area (Å²) in [6, 6.07) is 7.99. The summed E-state index contributed by atoms with van der Waals surface area (Å²) < 4.78 is 63.7. The van der Waals surface area contributed by atoms with E-state index >= 15 is 8.78 Å². The van der Waals surface area contributed by atoms with Crippen molar-refractivity contribution in [3.8, 4) is 0 Å². The number of methoxy groups -OCH3 is 1. The molecule has 10 nitrogen and oxygen atoms in total. The van der Waals surface area contributed by atoms with E-state index in [1.807, 2.05) is 17.9 Å². The molecule has 0 radical (unpaired) electrons. The molecular weight excluding hydrogens is 614 g/mol. The summed E-state index contributed by atoms with van der Waals surface area (Å²) in [5, 5.41) is 4.03. The number of hydrogen-bond donors (Lipinski definition) is 1. The molecule has 1 N–H and O–H groups in total. The molecule has 2 atom stereocenters. The molecule has 0 saturated carbocycles. The van der Waals surface area contributed by atoms with Gasteiger partial charge in [0.05, 0.1) is 23.0 Å². The van der Waals surface area contributed by atoms with Crippen molar-refractivity contribution in [2.75, 3.05) is 61.6 Å². The number of piperidine rings is 1. The molecule has 6 heterocycles. The number of hydrogen-bond acceptors (Lipinski definition) is 9. The molecule has 0 aliphatic carbocycles. The van der Waals surface area contributed by atoms with Crippen LogP contribution in [0.4, 0.5) is 20.3 Å². The van der Waals surface area contributed by atoms with Crippen LogP contribution in [-0.4, -0.2) is 85.3 Å². The second kappa shape index (κ2) is 13.5. The van der Waals surface area contributed by atoms with Gasteiger partial charge < -0.3 is 19.9 Å². The summed E-state index contributed by atoms with van der Waals surface area (Å²) in [5.74, 6) is -3.25. The van der Waals surface area contributed by atoms with Crippen LogP contribution in [0.2, 0.25) is 0 Å². The third-order valence-corrected chi connectivity index (χ3v) is 11.6. The zero-order valence-electron chi connectivity index (χ0n) is 26.6. The van der Waals surface area contributed by atoms with Crippen molar-refractivity contribution in [3.63, 3.8) is 0 Å². The first-order valence-electron chi connectivity index (χ1n) is 16.4. The van der Waals surface area contributed by atoms with Crippen LogP contribution in [0.3, 0.4) is 0 Å². The molecule has 250 valence electrons. The lowest BCUT2D eigenvalue weighted by Crippen LogP contribution is -2.43. The van der Waals surface area contributed by atoms with Crippen LogP contribution in [0.5, 0.6) is 0 Å². The Morgan fingerprint density at radius 2 is 1.74 bits per heavy atom. The van der Waals surface area contributed by atoms with E-state index in [2.05, 4.69) is 20.2 Å². The van der Waals surface area contributed by atoms with Crippen LogP contribution in [0, 0.1) is 5.92 Å². The molecule has 0 spiro atoms. The average molecular weight is 659 g/mol. The molecule has 3 aromatic rings. The second-order valence-electron chi connectivity index (χ2n) is 13.0. The van der Waals surface area contributed by atoms with Crippen LogP contribution < -0.4 is 15.8 Å². The number of nitrogens with zero attached hydrogens (tertiary/aromatic N) is 5. The molecule has 13 heteroatoms. The van der Waals surface area contributed by atoms with Gasteiger partial charge in [0, 0.05) is 50.8 Å². The van der Waals surface area contributed by atoms with Crippen molar-refractivity contribution in [1.82, 2.24) is 19.4 Å². The predicted octanol–water partition coefficient (Wildman–Crippen LogP) is 4.59. The number of halogens is 2. The first-order valence-corrected chi connectivity index (χ1v) is 18.2. The molecule has 0 amide bonds. The van der Waals surface area contributed by atoms with Gasteiger partial charge in [-0.3, -0.25) is 9.36 Å². The van der Waals surface area contributed by atoms with Crippen molar-refractivity contribution in [2.24, 2.45) is 5.92 Å². The van der Waals surface area contributed by atoms with Crippen molar-refractivity contribution in [2.45, 2.75) is 70.1 Å². The number of ether oxygens (including phenoxy) is 1. The maximum atomic E-state index is 15.9. The van der Waals surface area contributed by atoms with Gasteiger partial charge in [-0.25, -0.2) is 27.2 Å². The molecule has 1 aromatic carbocycles. The molecule has 0 unspecified atom stereocenters. The minimum absolute atomic E-state index is 0.00738. The number of rotatable bonds is 2. The van der Waals surface area contributed by atoms with Gasteiger partial charge in [-0.05, 0) is 63.4 Å². The highest BCUT2D eigenvalue weighted by atomic mass is 32.2. The van der Waals surface area contributed by atoms with Crippen molar-refractivity contribution >= 4 is 32.4 Å². The van der Waals surface area contributed by atoms with Crippen LogP contribution >= 0.6 is 0 Å². The first-order chi connectivity index (χ1) is 22.1. The predicted molar refractivity (Wildman–Crippen MR) is 175 cm³/mol. The maximum absolute atomic E-state index is 15.9. The Hall–Kier alpha value is -3.16. The molecule has 4 aliphatic heterocycles. The van der Waals surface area contributed by atoms with E-state index in [-0.39, 0.29) is 47.9 Å². The highest BCUT2D eigenvalue weighted by molar-refractivity contribution is 7.91. The van der Waals surface area contributed by atoms with Gasteiger partial charge in [0.1, 0.15) is 23.5 Å². The molecule has 4 aliphatic rings. The van der Waals surface area contributed by atoms with Crippen molar-refractivity contribution < 1.29 is 21.9 Å². The van der Waals surface area contributed by atoms with E-state index in [1.54, 1.807) is 29.9 Å². The SMILES string of the molecule is CO[C@H]1CCCCCn2c(=O)c(N3CCS(=O)(=O)CC3)cc3c(ncnc32)N[C@H](C)c2cccc(c2)C(F)(F)C2CCN(CC2)C1. The lowest BCUT2D eigenvalue weighted by Gasteiger charge is -2.37. The van der Waals surface area contributed by atoms with Gasteiger partial charge in [0.25, 0.3) is 11.5 Å². The molecule has 7 rings (SSSR count). The van der Waals surface area contributed by atoms with Crippen molar-refractivity contribution in [3.05, 3.63) is 58.1 Å². The lowest BCUT2D eigenvalue weighted by molar-refractivity contribution is -0.0882. The average Bonchev–Trinajstić information content (AvgIpc) is 3.05. The fourth-order valence-electron chi connectivity index (χ4n) is 7.08. The molecular formula is C33H44F2N6O4S. The van der Waals surface area contributed by atoms with E-state index in [4.69, 9.17) is 4.74 Å². The number of benzene rings is 1. The normalized spacial score (nSPS) is 27.2. The molecule has 2 saturated heterocycles. The number of pyridine rings is 1. The Balaban J connectivity index is 1.39. The molecule has 46 heavy (non-hydrogen) atoms. The van der Waals surface area contributed by atoms with Crippen LogP contribution in [-0.2, 0) is 27.0 Å². The van der Waals surface area contributed by atoms with Crippen LogP contribution in [0.15, 0.2) is 41.5 Å². The highest BCUT2D eigenvalue weighted by Gasteiger charge is 2.43. The third kappa shape index (κ3) is 6.91. The van der Waals surface area contributed by atoms with E-state index in [9.17, 15) is 13.2 Å². The minimum Gasteiger partial charge on any atom is -0.380 e. The minimum atomic E-state index is -3.15. The largest absolute Gasteiger partial charge is 0.380 e. The van der Waals surface area contributed by atoms with Crippen LogP contribution in [0.25, 0.3) is 11.0 Å². The Bertz CT molecular complexity index is 1700. The first kappa shape index (κ1) is 32.8. The Labute approximate surface area is 269 Å². The number of fused-ring (bicyclic) bond motifs is 9. The zero-order valence-corrected chi connectivity index (χ0v) is 27.4. The molecule has 2 fully saturated rings. The number of alkyl halides is 2. The quantitative estimate of drug-likeness (QED) is 0.423. The summed E-state index contributed by atoms with van der Waals surface area (Å²) in [4.78, 5) is 27.1. The van der Waals surface area contributed by atoms with Gasteiger partial charge in [-0.1, -0.05) is 31.0 Å². The number of anilines is 2. The molecule has 8 bridgehead atoms. The summed E-state index contributed by atoms with van der Waals surface area (Å²) in [5.41, 5.74) is 1.40. The van der Waals surface area contributed by atoms with Gasteiger partial charge in [-0.2, -0.15) is 0 Å². The fraction of sp³-hybridized carbons (Fsp3) is 0.606. The Kier molecular flexibility index (Phi) is 9.63. The van der Waals surface area contributed by atoms with Gasteiger partial charge in [0.2, 0.25) is 0 Å². The highest BCUT2D eigenvalue weighted by Crippen LogP contribution is 2.42. The number of aromatic nitrogens is 3. The Morgan fingerprint density at radius 3 is 2.48 bits per heavy atom. The summed E-state index contributed by atoms with van der Waals surface area (Å²) in [7, 11) is -1.44. The summed E-state index contributed by atoms with van der Waals surface area (Å²) in [6.45, 7) is 4.75. The zero-order chi connectivity index (χ0) is 32.5. The number of nitrogens with one attached hydrogen (secondary N) is 1. The van der Waals surface area contributed by atoms with Gasteiger partial charge >= 0.3 is 0 Å². The second-order valence-corrected chi connectivity index (χ2v) is 15.3. The van der Waals surface area contributed by atoms with Crippen molar-refractivity contribution in [1.29, 1.82) is 0 Å². The lowest BCUT2D eigenvalue weighted by atomic mass is 9.85. The van der Waals surface area contributed by atoms with Gasteiger partial charge in [0.15, 0.2) is 9.84 Å². The van der Waals surface area contributed by atoms with Crippen LogP contribution in [0.1, 0.15) is 62.6 Å². The Morgan fingerprint density at radius 1 is 0.978 bits per heavy atom. The van der Waals surface area contributed by atoms with E-state index in [0.29, 0.717) is 67.1 Å². The molecule has 2 aromatic heterocycles. The summed E-state index contributed by atoms with van der Waals surface area (Å²) >= 11 is 0. The van der Waals surface area contributed by atoms with Gasteiger partial charge in [-0.15, -0.1) is 0 Å². The third-order valence-electron chi connectivity index (χ3n) is 9.98. The fourth-order valence-corrected chi connectivity index (χ4v) is 8.28. The monoisotopic (exact) mass is 658 g/mol. The van der Waals surface area contributed by atoms with E-state index in [1.165, 1.54) is 12.4 Å². The maximum Gasteiger partial charge on any atom is 0.276 e. The summed E-state index contributed by atoms with van der Waals surface area (Å²) in [6.07, 6.45) is 5.63. The van der Waals surface area contributed by atoms with E-state index < -0.39 is 21.7 Å². The standard InChI is InChI=1S/C33H44F2N6O4S/c1-23-24-7-6-8-26(19-24)33(34,35)25-10-13-39(14-11-25)21-27(45-2)9-4-3-5-12-41-31-28(30(38-23)36-22-37-31)20-29(32(41)42)40-15-17-46(43,44)18-16-40/h6-8,19-20,22-23,25,27H,3-5,9-18,21H2,1-2H3,(H,36,37,38)/t23-,27+/m1/s1. The smallest absolute Gasteiger partial charge is 0.276 e. The topological polar surface area (TPSA) is 110 Å². The number of aryl methyl sites for hydroxylation is 1. The van der Waals surface area contributed by atoms with E-state index in [0.717, 1.165) is 25.7 Å². The number of sulfone groups is 1.